The number of primary amides is 1. The van der Waals surface area contributed by atoms with Crippen molar-refractivity contribution in [3.05, 3.63) is 0 Å². The Balaban J connectivity index is 5.24. The molecule has 0 bridgehead atoms. The summed E-state index contributed by atoms with van der Waals surface area (Å²) in [5.41, 5.74) is 16.4. The first-order valence-corrected chi connectivity index (χ1v) is 11.5. The van der Waals surface area contributed by atoms with Gasteiger partial charge < -0.3 is 38.3 Å². The van der Waals surface area contributed by atoms with E-state index in [2.05, 4.69) is 28.6 Å². The first-order chi connectivity index (χ1) is 15.4. The number of unbranched alkanes of at least 4 members (excludes halogenated alkanes) is 1. The van der Waals surface area contributed by atoms with Gasteiger partial charge in [0.2, 0.25) is 23.6 Å². The summed E-state index contributed by atoms with van der Waals surface area (Å²) in [6, 6.07) is -4.28. The van der Waals surface area contributed by atoms with Gasteiger partial charge in [-0.25, -0.2) is 4.79 Å². The van der Waals surface area contributed by atoms with Crippen molar-refractivity contribution >= 4 is 42.2 Å². The lowest BCUT2D eigenvalue weighted by Gasteiger charge is -2.24. The van der Waals surface area contributed by atoms with E-state index in [0.717, 1.165) is 0 Å². The average Bonchev–Trinajstić information content (AvgIpc) is 2.72. The summed E-state index contributed by atoms with van der Waals surface area (Å²) in [4.78, 5) is 60.1. The minimum Gasteiger partial charge on any atom is -0.480 e. The van der Waals surface area contributed by atoms with E-state index >= 15 is 0 Å². The zero-order valence-corrected chi connectivity index (χ0v) is 20.1. The van der Waals surface area contributed by atoms with Crippen LogP contribution in [-0.2, 0) is 24.0 Å². The minimum absolute atomic E-state index is 0.129. The van der Waals surface area contributed by atoms with Gasteiger partial charge >= 0.3 is 5.97 Å². The second kappa shape index (κ2) is 16.3. The summed E-state index contributed by atoms with van der Waals surface area (Å²) in [7, 11) is 0. The fourth-order valence-corrected chi connectivity index (χ4v) is 3.20. The van der Waals surface area contributed by atoms with Crippen molar-refractivity contribution < 1.29 is 29.1 Å². The number of carboxylic acids is 1. The van der Waals surface area contributed by atoms with Crippen LogP contribution in [0, 0.1) is 5.92 Å². The molecule has 190 valence electrons. The average molecular weight is 491 g/mol. The van der Waals surface area contributed by atoms with Crippen molar-refractivity contribution in [2.24, 2.45) is 23.1 Å². The van der Waals surface area contributed by atoms with Crippen molar-refractivity contribution in [2.45, 2.75) is 76.5 Å². The molecule has 33 heavy (non-hydrogen) atoms. The Morgan fingerprint density at radius 2 is 1.42 bits per heavy atom. The van der Waals surface area contributed by atoms with E-state index in [9.17, 15) is 29.1 Å². The monoisotopic (exact) mass is 490 g/mol. The molecule has 0 rings (SSSR count). The second-order valence-electron chi connectivity index (χ2n) is 8.23. The molecule has 0 aromatic heterocycles. The van der Waals surface area contributed by atoms with E-state index in [-0.39, 0.29) is 30.9 Å². The number of nitrogens with two attached hydrogens (primary N) is 3. The molecule has 0 aliphatic heterocycles. The van der Waals surface area contributed by atoms with Crippen molar-refractivity contribution in [1.29, 1.82) is 0 Å². The molecule has 0 spiro atoms. The largest absolute Gasteiger partial charge is 0.480 e. The van der Waals surface area contributed by atoms with Gasteiger partial charge in [0.1, 0.15) is 18.1 Å². The molecule has 0 saturated carbocycles. The van der Waals surface area contributed by atoms with Crippen LogP contribution < -0.4 is 33.2 Å². The number of nitrogens with one attached hydrogen (secondary N) is 3. The molecule has 0 heterocycles. The van der Waals surface area contributed by atoms with Crippen molar-refractivity contribution in [3.8, 4) is 0 Å². The lowest BCUT2D eigenvalue weighted by molar-refractivity contribution is -0.142. The maximum absolute atomic E-state index is 12.8. The standard InChI is InChI=1S/C20H38N6O6S/c1-11(2)9-12(22)17(28)24-13(5-3-4-8-21)18(29)26-15(10-33)19(30)25-14(20(31)32)6-7-16(23)27/h11-15,33H,3-10,21-22H2,1-2H3,(H2,23,27)(H,24,28)(H,25,30)(H,26,29)(H,31,32). The lowest BCUT2D eigenvalue weighted by atomic mass is 10.0. The third kappa shape index (κ3) is 13.0. The summed E-state index contributed by atoms with van der Waals surface area (Å²) in [6.07, 6.45) is 1.47. The Morgan fingerprint density at radius 1 is 0.879 bits per heavy atom. The zero-order chi connectivity index (χ0) is 25.6. The number of carboxylic acid groups (broad SMARTS) is 1. The number of hydrogen-bond acceptors (Lipinski definition) is 8. The Hall–Kier alpha value is -2.38. The van der Waals surface area contributed by atoms with Gasteiger partial charge in [0.05, 0.1) is 6.04 Å². The molecule has 4 atom stereocenters. The number of carbonyl (C=O) groups is 5. The fraction of sp³-hybridized carbons (Fsp3) is 0.750. The van der Waals surface area contributed by atoms with Crippen LogP contribution in [0.4, 0.5) is 0 Å². The maximum Gasteiger partial charge on any atom is 0.326 e. The van der Waals surface area contributed by atoms with E-state index in [1.165, 1.54) is 0 Å². The van der Waals surface area contributed by atoms with Crippen molar-refractivity contribution in [1.82, 2.24) is 16.0 Å². The van der Waals surface area contributed by atoms with E-state index in [1.54, 1.807) is 0 Å². The summed E-state index contributed by atoms with van der Waals surface area (Å²) in [5, 5.41) is 16.6. The van der Waals surface area contributed by atoms with Crippen LogP contribution in [0.1, 0.15) is 52.4 Å². The second-order valence-corrected chi connectivity index (χ2v) is 8.59. The molecule has 4 amide bonds. The van der Waals surface area contributed by atoms with Crippen LogP contribution >= 0.6 is 12.6 Å². The number of aliphatic carboxylic acids is 1. The summed E-state index contributed by atoms with van der Waals surface area (Å²) < 4.78 is 0. The molecule has 0 radical (unpaired) electrons. The van der Waals surface area contributed by atoms with E-state index in [4.69, 9.17) is 17.2 Å². The van der Waals surface area contributed by atoms with Crippen LogP contribution in [0.15, 0.2) is 0 Å². The SMILES string of the molecule is CC(C)CC(N)C(=O)NC(CCCCN)C(=O)NC(CS)C(=O)NC(CCC(N)=O)C(=O)O. The van der Waals surface area contributed by atoms with Gasteiger partial charge in [0.15, 0.2) is 0 Å². The van der Waals surface area contributed by atoms with Gasteiger partial charge in [0.25, 0.3) is 0 Å². The molecule has 12 nitrogen and oxygen atoms in total. The van der Waals surface area contributed by atoms with Crippen LogP contribution in [-0.4, -0.2) is 71.2 Å². The summed E-state index contributed by atoms with van der Waals surface area (Å²) >= 11 is 4.06. The highest BCUT2D eigenvalue weighted by Gasteiger charge is 2.29. The van der Waals surface area contributed by atoms with E-state index in [0.29, 0.717) is 25.8 Å². The molecular weight excluding hydrogens is 452 g/mol. The molecule has 0 aromatic rings. The van der Waals surface area contributed by atoms with Crippen molar-refractivity contribution in [3.63, 3.8) is 0 Å². The molecule has 10 N–H and O–H groups in total. The third-order valence-electron chi connectivity index (χ3n) is 4.75. The third-order valence-corrected chi connectivity index (χ3v) is 5.12. The molecule has 0 saturated heterocycles. The first-order valence-electron chi connectivity index (χ1n) is 10.9. The van der Waals surface area contributed by atoms with E-state index < -0.39 is 53.8 Å². The smallest absolute Gasteiger partial charge is 0.326 e. The van der Waals surface area contributed by atoms with Gasteiger partial charge in [-0.3, -0.25) is 19.2 Å². The molecule has 13 heteroatoms. The van der Waals surface area contributed by atoms with Gasteiger partial charge in [-0.1, -0.05) is 13.8 Å². The molecule has 0 aliphatic rings. The molecule has 0 aromatic carbocycles. The zero-order valence-electron chi connectivity index (χ0n) is 19.2. The van der Waals surface area contributed by atoms with Crippen LogP contribution in [0.25, 0.3) is 0 Å². The first kappa shape index (κ1) is 30.6. The molecule has 4 unspecified atom stereocenters. The fourth-order valence-electron chi connectivity index (χ4n) is 2.94. The number of carbonyl (C=O) groups excluding carboxylic acids is 4. The normalized spacial score (nSPS) is 14.6. The number of amides is 4. The quantitative estimate of drug-likeness (QED) is 0.0858. The van der Waals surface area contributed by atoms with E-state index in [1.807, 2.05) is 13.8 Å². The minimum atomic E-state index is -1.36. The highest BCUT2D eigenvalue weighted by Crippen LogP contribution is 2.07. The number of rotatable bonds is 17. The highest BCUT2D eigenvalue weighted by molar-refractivity contribution is 7.80. The van der Waals surface area contributed by atoms with Crippen molar-refractivity contribution in [2.75, 3.05) is 12.3 Å². The highest BCUT2D eigenvalue weighted by atomic mass is 32.1. The number of thiol groups is 1. The van der Waals surface area contributed by atoms with Gasteiger partial charge in [0, 0.05) is 12.2 Å². The number of hydrogen-bond donors (Lipinski definition) is 8. The Labute approximate surface area is 199 Å². The van der Waals surface area contributed by atoms with Gasteiger partial charge in [-0.15, -0.1) is 0 Å². The molecule has 0 aliphatic carbocycles. The Kier molecular flexibility index (Phi) is 15.1. The predicted molar refractivity (Wildman–Crippen MR) is 126 cm³/mol. The Bertz CT molecular complexity index is 677. The summed E-state index contributed by atoms with van der Waals surface area (Å²) in [5.74, 6) is -3.91. The molecule has 0 fully saturated rings. The summed E-state index contributed by atoms with van der Waals surface area (Å²) in [6.45, 7) is 4.25. The van der Waals surface area contributed by atoms with Crippen LogP contribution in [0.5, 0.6) is 0 Å². The predicted octanol–water partition coefficient (Wildman–Crippen LogP) is -1.78. The van der Waals surface area contributed by atoms with Gasteiger partial charge in [-0.05, 0) is 44.6 Å². The maximum atomic E-state index is 12.8. The van der Waals surface area contributed by atoms with Gasteiger partial charge in [-0.2, -0.15) is 12.6 Å². The topological polar surface area (TPSA) is 220 Å². The van der Waals surface area contributed by atoms with Crippen LogP contribution in [0.2, 0.25) is 0 Å². The Morgan fingerprint density at radius 3 is 1.91 bits per heavy atom. The lowest BCUT2D eigenvalue weighted by Crippen LogP contribution is -2.57. The molecular formula is C20H38N6O6S. The van der Waals surface area contributed by atoms with Crippen LogP contribution in [0.3, 0.4) is 0 Å².